The number of alkyl halides is 1. The molecule has 0 aromatic carbocycles. The molecule has 0 aromatic rings. The summed E-state index contributed by atoms with van der Waals surface area (Å²) in [7, 11) is 0. The number of hydrogen-bond acceptors (Lipinski definition) is 4. The van der Waals surface area contributed by atoms with Crippen LogP contribution in [-0.4, -0.2) is 15.5 Å². The molecule has 0 atom stereocenters. The molecule has 0 fully saturated rings. The van der Waals surface area contributed by atoms with Crippen LogP contribution >= 0.6 is 11.6 Å². The summed E-state index contributed by atoms with van der Waals surface area (Å²) in [5, 5.41) is 18.7. The fourth-order valence-corrected chi connectivity index (χ4v) is 0.0770. The standard InChI is InChI=1S/CHClN2O4/c2-1(3(5)6)4(7)8/h1H. The van der Waals surface area contributed by atoms with Crippen molar-refractivity contribution in [2.45, 2.75) is 5.62 Å². The van der Waals surface area contributed by atoms with Gasteiger partial charge < -0.3 is 0 Å². The second-order valence-electron chi connectivity index (χ2n) is 0.881. The van der Waals surface area contributed by atoms with Crippen LogP contribution in [0.25, 0.3) is 0 Å². The van der Waals surface area contributed by atoms with E-state index in [4.69, 9.17) is 0 Å². The molecule has 46 valence electrons. The Labute approximate surface area is 48.3 Å². The summed E-state index contributed by atoms with van der Waals surface area (Å²) < 4.78 is 0. The molecule has 7 heteroatoms. The van der Waals surface area contributed by atoms with Crippen molar-refractivity contribution in [1.82, 2.24) is 0 Å². The van der Waals surface area contributed by atoms with Crippen molar-refractivity contribution in [3.05, 3.63) is 20.2 Å². The topological polar surface area (TPSA) is 86.3 Å². The molecule has 0 rings (SSSR count). The van der Waals surface area contributed by atoms with Gasteiger partial charge in [-0.1, -0.05) is 0 Å². The van der Waals surface area contributed by atoms with Gasteiger partial charge in [0.25, 0.3) is 0 Å². The minimum atomic E-state index is -2.21. The highest BCUT2D eigenvalue weighted by atomic mass is 35.5. The molecular formula is CHClN2O4. The van der Waals surface area contributed by atoms with Crippen LogP contribution in [0.1, 0.15) is 0 Å². The third kappa shape index (κ3) is 1.69. The first kappa shape index (κ1) is 7.09. The Hall–Kier alpha value is -0.910. The molecule has 0 aromatic heterocycles. The molecule has 6 nitrogen and oxygen atoms in total. The maximum Gasteiger partial charge on any atom is 0.529 e. The number of hydrogen-bond donors (Lipinski definition) is 0. The first-order valence-corrected chi connectivity index (χ1v) is 1.90. The quantitative estimate of drug-likeness (QED) is 0.178. The van der Waals surface area contributed by atoms with E-state index in [-0.39, 0.29) is 0 Å². The number of nitrogens with zero attached hydrogens (tertiary/aromatic N) is 2. The lowest BCUT2D eigenvalue weighted by atomic mass is 11.2. The average molecular weight is 140 g/mol. The van der Waals surface area contributed by atoms with E-state index in [1.165, 1.54) is 0 Å². The van der Waals surface area contributed by atoms with Gasteiger partial charge in [-0.15, -0.1) is 0 Å². The number of rotatable bonds is 2. The van der Waals surface area contributed by atoms with Gasteiger partial charge >= 0.3 is 5.62 Å². The zero-order chi connectivity index (χ0) is 6.73. The van der Waals surface area contributed by atoms with Crippen molar-refractivity contribution in [3.63, 3.8) is 0 Å². The highest BCUT2D eigenvalue weighted by Crippen LogP contribution is 1.94. The maximum atomic E-state index is 9.37. The van der Waals surface area contributed by atoms with Crippen LogP contribution in [-0.2, 0) is 0 Å². The summed E-state index contributed by atoms with van der Waals surface area (Å²) >= 11 is 4.55. The van der Waals surface area contributed by atoms with Crippen LogP contribution in [0.15, 0.2) is 0 Å². The van der Waals surface area contributed by atoms with Gasteiger partial charge in [0.2, 0.25) is 0 Å². The molecule has 0 heterocycles. The summed E-state index contributed by atoms with van der Waals surface area (Å²) in [4.78, 5) is 16.4. The van der Waals surface area contributed by atoms with Crippen LogP contribution in [0, 0.1) is 20.2 Å². The van der Waals surface area contributed by atoms with Gasteiger partial charge in [0.15, 0.2) is 0 Å². The van der Waals surface area contributed by atoms with E-state index < -0.39 is 15.5 Å². The van der Waals surface area contributed by atoms with E-state index >= 15 is 0 Å². The normalized spacial score (nSPS) is 9.25. The fourth-order valence-electron chi connectivity index (χ4n) is 0.0770. The van der Waals surface area contributed by atoms with Gasteiger partial charge in [-0.2, -0.15) is 0 Å². The second-order valence-corrected chi connectivity index (χ2v) is 1.27. The van der Waals surface area contributed by atoms with Gasteiger partial charge in [-0.3, -0.25) is 20.2 Å². The Morgan fingerprint density at radius 3 is 1.50 bits per heavy atom. The highest BCUT2D eigenvalue weighted by molar-refractivity contribution is 6.18. The van der Waals surface area contributed by atoms with Gasteiger partial charge in [0.05, 0.1) is 0 Å². The van der Waals surface area contributed by atoms with Crippen molar-refractivity contribution in [2.75, 3.05) is 0 Å². The van der Waals surface area contributed by atoms with Crippen molar-refractivity contribution in [2.24, 2.45) is 0 Å². The summed E-state index contributed by atoms with van der Waals surface area (Å²) in [5.74, 6) is 0. The minimum absolute atomic E-state index is 1.19. The van der Waals surface area contributed by atoms with Crippen LogP contribution in [0.2, 0.25) is 0 Å². The Morgan fingerprint density at radius 1 is 1.25 bits per heavy atom. The molecule has 0 spiro atoms. The monoisotopic (exact) mass is 140 g/mol. The molecule has 0 radical (unpaired) electrons. The van der Waals surface area contributed by atoms with E-state index in [0.29, 0.717) is 0 Å². The van der Waals surface area contributed by atoms with E-state index in [0.717, 1.165) is 0 Å². The summed E-state index contributed by atoms with van der Waals surface area (Å²) in [6.45, 7) is 0. The van der Waals surface area contributed by atoms with E-state index in [9.17, 15) is 20.2 Å². The predicted molar refractivity (Wildman–Crippen MR) is 23.6 cm³/mol. The maximum absolute atomic E-state index is 9.37. The molecule has 0 unspecified atom stereocenters. The molecular weight excluding hydrogens is 139 g/mol. The molecule has 0 N–H and O–H groups in total. The largest absolute Gasteiger partial charge is 0.529 e. The Bertz CT molecular complexity index is 109. The first-order valence-electron chi connectivity index (χ1n) is 1.46. The van der Waals surface area contributed by atoms with E-state index in [2.05, 4.69) is 11.6 Å². The molecule has 0 amide bonds. The van der Waals surface area contributed by atoms with Crippen LogP contribution in [0.5, 0.6) is 0 Å². The number of nitro groups is 2. The zero-order valence-corrected chi connectivity index (χ0v) is 4.24. The Morgan fingerprint density at radius 2 is 1.50 bits per heavy atom. The summed E-state index contributed by atoms with van der Waals surface area (Å²) in [5.41, 5.74) is -2.21. The molecule has 0 saturated heterocycles. The van der Waals surface area contributed by atoms with Crippen molar-refractivity contribution in [1.29, 1.82) is 0 Å². The van der Waals surface area contributed by atoms with Gasteiger partial charge in [-0.05, 0) is 0 Å². The SMILES string of the molecule is O=[N+]([O-])C(Cl)[N+](=O)[O-]. The van der Waals surface area contributed by atoms with Crippen molar-refractivity contribution in [3.8, 4) is 0 Å². The molecule has 8 heavy (non-hydrogen) atoms. The van der Waals surface area contributed by atoms with E-state index in [1.54, 1.807) is 0 Å². The lowest BCUT2D eigenvalue weighted by Crippen LogP contribution is -2.21. The lowest BCUT2D eigenvalue weighted by molar-refractivity contribution is -0.714. The number of halogens is 1. The fraction of sp³-hybridized carbons (Fsp3) is 1.00. The second kappa shape index (κ2) is 2.41. The summed E-state index contributed by atoms with van der Waals surface area (Å²) in [6.07, 6.45) is 0. The molecule has 0 aliphatic rings. The van der Waals surface area contributed by atoms with Gasteiger partial charge in [-0.25, -0.2) is 0 Å². The summed E-state index contributed by atoms with van der Waals surface area (Å²) in [6, 6.07) is 0. The average Bonchev–Trinajstić information content (AvgIpc) is 1.64. The third-order valence-electron chi connectivity index (χ3n) is 0.348. The third-order valence-corrected chi connectivity index (χ3v) is 0.667. The van der Waals surface area contributed by atoms with Gasteiger partial charge in [0, 0.05) is 11.6 Å². The van der Waals surface area contributed by atoms with Crippen LogP contribution in [0.3, 0.4) is 0 Å². The highest BCUT2D eigenvalue weighted by Gasteiger charge is 2.27. The first-order chi connectivity index (χ1) is 3.55. The van der Waals surface area contributed by atoms with Crippen LogP contribution < -0.4 is 0 Å². The predicted octanol–water partition coefficient (Wildman–Crippen LogP) is 0.0622. The molecule has 0 aliphatic heterocycles. The smallest absolute Gasteiger partial charge is 0.257 e. The Kier molecular flexibility index (Phi) is 2.14. The molecule has 0 saturated carbocycles. The zero-order valence-electron chi connectivity index (χ0n) is 3.48. The van der Waals surface area contributed by atoms with Gasteiger partial charge in [0.1, 0.15) is 9.85 Å². The minimum Gasteiger partial charge on any atom is -0.257 e. The molecule has 0 bridgehead atoms. The van der Waals surface area contributed by atoms with E-state index in [1.807, 2.05) is 0 Å². The molecule has 0 aliphatic carbocycles. The Balaban J connectivity index is 3.83. The lowest BCUT2D eigenvalue weighted by Gasteiger charge is -1.87. The van der Waals surface area contributed by atoms with Crippen LogP contribution in [0.4, 0.5) is 0 Å². The van der Waals surface area contributed by atoms with Crippen molar-refractivity contribution < 1.29 is 9.85 Å². The van der Waals surface area contributed by atoms with Crippen molar-refractivity contribution >= 4 is 11.6 Å².